The number of ether oxygens (including phenoxy) is 1. The number of carbonyl (C=O) groups is 1. The maximum atomic E-state index is 15.4. The Hall–Kier alpha value is -5.42. The third kappa shape index (κ3) is 13.6. The molecule has 0 heterocycles. The van der Waals surface area contributed by atoms with Crippen LogP contribution >= 0.6 is 0 Å². The van der Waals surface area contributed by atoms with Crippen molar-refractivity contribution in [2.45, 2.75) is 110 Å². The van der Waals surface area contributed by atoms with Crippen molar-refractivity contribution in [2.75, 3.05) is 24.9 Å². The van der Waals surface area contributed by atoms with E-state index in [4.69, 9.17) is 4.74 Å². The summed E-state index contributed by atoms with van der Waals surface area (Å²) in [6, 6.07) is 7.67. The summed E-state index contributed by atoms with van der Waals surface area (Å²) in [6.07, 6.45) is 19.2. The molecule has 5 aromatic carbocycles. The zero-order chi connectivity index (χ0) is 56.9. The van der Waals surface area contributed by atoms with Gasteiger partial charge in [0.25, 0.3) is 0 Å². The molecule has 0 spiro atoms. The molecule has 0 saturated heterocycles. The Labute approximate surface area is 427 Å². The summed E-state index contributed by atoms with van der Waals surface area (Å²) in [7, 11) is 0.153. The van der Waals surface area contributed by atoms with Gasteiger partial charge in [0.15, 0.2) is 75.6 Å². The maximum Gasteiger partial charge on any atom is 0.211 e. The number of halogens is 20. The van der Waals surface area contributed by atoms with Gasteiger partial charge < -0.3 is 4.74 Å². The topological polar surface area (TPSA) is 26.3 Å². The van der Waals surface area contributed by atoms with E-state index in [2.05, 4.69) is 19.4 Å². The summed E-state index contributed by atoms with van der Waals surface area (Å²) in [6.45, 7) is 3.06. The first-order valence-electron chi connectivity index (χ1n) is 23.9. The van der Waals surface area contributed by atoms with E-state index in [0.29, 0.717) is 5.75 Å². The molecule has 0 atom stereocenters. The number of unbranched alkanes of at least 4 members (excludes halogenated alkanes) is 15. The van der Waals surface area contributed by atoms with Crippen LogP contribution in [-0.2, 0) is 10.9 Å². The Morgan fingerprint density at radius 1 is 0.355 bits per heavy atom. The van der Waals surface area contributed by atoms with Crippen molar-refractivity contribution in [1.29, 1.82) is 0 Å². The summed E-state index contributed by atoms with van der Waals surface area (Å²) in [4.78, 5) is 12.1. The van der Waals surface area contributed by atoms with Crippen molar-refractivity contribution in [3.63, 3.8) is 0 Å². The molecule has 0 radical (unpaired) electrons. The van der Waals surface area contributed by atoms with E-state index in [-0.39, 0.29) is 16.7 Å². The monoisotopic (exact) mass is 1130 g/mol. The molecule has 24 heteroatoms. The van der Waals surface area contributed by atoms with Crippen LogP contribution in [0.2, 0.25) is 0 Å². The normalized spacial score (nSPS) is 11.7. The highest BCUT2D eigenvalue weighted by Crippen LogP contribution is 2.31. The van der Waals surface area contributed by atoms with Crippen LogP contribution in [0.1, 0.15) is 120 Å². The number of hydrogen-bond acceptors (Lipinski definition) is 2. The van der Waals surface area contributed by atoms with E-state index >= 15 is 35.1 Å². The van der Waals surface area contributed by atoms with E-state index in [1.54, 1.807) is 0 Å². The lowest BCUT2D eigenvalue weighted by molar-refractivity contribution is 0.102. The minimum Gasteiger partial charge on any atom is -0.494 e. The highest BCUT2D eigenvalue weighted by Gasteiger charge is 2.52. The molecule has 0 aliphatic heterocycles. The fourth-order valence-electron chi connectivity index (χ4n) is 8.80. The molecular formula is C52H49BF20O2S. The third-order valence-corrected chi connectivity index (χ3v) is 13.4. The predicted molar refractivity (Wildman–Crippen MR) is 249 cm³/mol. The smallest absolute Gasteiger partial charge is 0.211 e. The van der Waals surface area contributed by atoms with Crippen molar-refractivity contribution >= 4 is 44.7 Å². The number of rotatable bonds is 25. The molecule has 76 heavy (non-hydrogen) atoms. The van der Waals surface area contributed by atoms with E-state index in [0.717, 1.165) is 24.3 Å². The van der Waals surface area contributed by atoms with Crippen molar-refractivity contribution in [3.05, 3.63) is 146 Å². The van der Waals surface area contributed by atoms with Gasteiger partial charge in [0.2, 0.25) is 5.78 Å². The Morgan fingerprint density at radius 3 is 0.816 bits per heavy atom. The van der Waals surface area contributed by atoms with Gasteiger partial charge >= 0.3 is 0 Å². The van der Waals surface area contributed by atoms with Crippen LogP contribution < -0.4 is 26.6 Å². The van der Waals surface area contributed by atoms with Gasteiger partial charge in [-0.05, 0) is 41.6 Å². The fraction of sp³-hybridized carbons (Fsp3) is 0.404. The lowest BCUT2D eigenvalue weighted by atomic mass is 9.12. The molecule has 418 valence electrons. The zero-order valence-corrected chi connectivity index (χ0v) is 41.7. The molecule has 0 saturated carbocycles. The van der Waals surface area contributed by atoms with Gasteiger partial charge in [-0.2, -0.15) is 0 Å². The minimum atomic E-state index is -7.22. The summed E-state index contributed by atoms with van der Waals surface area (Å²) in [5.41, 5.74) is -13.5. The number of Topliss-reactive ketones (excluding diaryl/α,β-unsaturated/α-hetero) is 1. The summed E-state index contributed by atoms with van der Waals surface area (Å²) in [5, 5.41) is 0. The van der Waals surface area contributed by atoms with Crippen LogP contribution in [0.3, 0.4) is 0 Å². The molecule has 0 N–H and O–H groups in total. The SMILES string of the molecule is CCCCCCCCCCCCCCCCCCOc1ccc(C(=O)C[S+](C)C)cc1.Fc1c(F)c(F)c([B-](c2c(F)c(F)c(F)c(F)c2F)(c2c(F)c(F)c(F)c(F)c2F)c2c(F)c(F)c(F)c(F)c2F)c(F)c1F. The first-order valence-corrected chi connectivity index (χ1v) is 26.1. The fourth-order valence-corrected chi connectivity index (χ4v) is 9.49. The standard InChI is InChI=1S/C28H49O2S.C24BF20/c1-4-5-6-7-8-9-10-11-12-13-14-15-16-17-18-19-24-30-27-22-20-26(21-23-27)28(29)25-31(2)3;26-5-1(6(27)14(35)21(42)13(5)34)25(2-7(28)15(36)22(43)16(37)8(2)29,3-9(30)17(38)23(44)18(39)10(3)31)4-11(32)19(40)24(45)20(41)12(4)33/h20-23H,4-19,24-25H2,1-3H3;/q+1;-1. The average Bonchev–Trinajstić information content (AvgIpc) is 3.42. The van der Waals surface area contributed by atoms with Gasteiger partial charge in [-0.25, -0.2) is 87.8 Å². The Kier molecular flexibility index (Phi) is 23.5. The third-order valence-electron chi connectivity index (χ3n) is 12.6. The quantitative estimate of drug-likeness (QED) is 0.0111. The molecule has 0 unspecified atom stereocenters. The van der Waals surface area contributed by atoms with Crippen molar-refractivity contribution < 1.29 is 97.3 Å². The molecule has 0 aliphatic carbocycles. The van der Waals surface area contributed by atoms with Crippen molar-refractivity contribution in [1.82, 2.24) is 0 Å². The predicted octanol–water partition coefficient (Wildman–Crippen LogP) is 14.2. The zero-order valence-electron chi connectivity index (χ0n) is 40.9. The van der Waals surface area contributed by atoms with Crippen LogP contribution in [0.15, 0.2) is 24.3 Å². The van der Waals surface area contributed by atoms with Gasteiger partial charge in [-0.1, -0.05) is 103 Å². The second kappa shape index (κ2) is 28.3. The average molecular weight is 1130 g/mol. The summed E-state index contributed by atoms with van der Waals surface area (Å²) < 4.78 is 300. The molecular weight excluding hydrogens is 1080 g/mol. The maximum absolute atomic E-state index is 15.4. The van der Waals surface area contributed by atoms with Gasteiger partial charge in [0.05, 0.1) is 19.1 Å². The first kappa shape index (κ1) is 63.1. The Morgan fingerprint density at radius 2 is 0.579 bits per heavy atom. The van der Waals surface area contributed by atoms with E-state index < -0.39 is 144 Å². The van der Waals surface area contributed by atoms with Crippen LogP contribution in [0.25, 0.3) is 0 Å². The lowest BCUT2D eigenvalue weighted by Gasteiger charge is -2.44. The van der Waals surface area contributed by atoms with Gasteiger partial charge in [-0.3, -0.25) is 4.79 Å². The molecule has 5 rings (SSSR count). The van der Waals surface area contributed by atoms with Crippen LogP contribution in [0, 0.1) is 116 Å². The highest BCUT2D eigenvalue weighted by atomic mass is 32.2. The van der Waals surface area contributed by atoms with Crippen LogP contribution in [0.5, 0.6) is 5.75 Å². The lowest BCUT2D eigenvalue weighted by Crippen LogP contribution is -2.81. The van der Waals surface area contributed by atoms with Gasteiger partial charge in [0.1, 0.15) is 58.4 Å². The molecule has 2 nitrogen and oxygen atoms in total. The molecule has 0 amide bonds. The number of ketones is 1. The summed E-state index contributed by atoms with van der Waals surface area (Å²) in [5.74, 6) is -69.7. The molecule has 0 bridgehead atoms. The minimum absolute atomic E-state index is 0.153. The highest BCUT2D eigenvalue weighted by molar-refractivity contribution is 7.96. The molecule has 0 fully saturated rings. The molecule has 5 aromatic rings. The van der Waals surface area contributed by atoms with E-state index in [1.165, 1.54) is 96.3 Å². The van der Waals surface area contributed by atoms with Crippen LogP contribution in [0.4, 0.5) is 87.8 Å². The van der Waals surface area contributed by atoms with E-state index in [9.17, 15) is 57.5 Å². The summed E-state index contributed by atoms with van der Waals surface area (Å²) >= 11 is 0. The number of benzene rings is 5. The molecule has 0 aliphatic rings. The first-order chi connectivity index (χ1) is 35.8. The van der Waals surface area contributed by atoms with Crippen molar-refractivity contribution in [3.8, 4) is 5.75 Å². The number of hydrogen-bond donors (Lipinski definition) is 0. The second-order valence-electron chi connectivity index (χ2n) is 18.0. The van der Waals surface area contributed by atoms with Gasteiger partial charge in [0, 0.05) is 5.56 Å². The van der Waals surface area contributed by atoms with Crippen molar-refractivity contribution in [2.24, 2.45) is 0 Å². The second-order valence-corrected chi connectivity index (χ2v) is 20.3. The van der Waals surface area contributed by atoms with E-state index in [1.807, 2.05) is 24.3 Å². The molecule has 0 aromatic heterocycles. The van der Waals surface area contributed by atoms with Crippen LogP contribution in [-0.4, -0.2) is 36.8 Å². The number of carbonyl (C=O) groups excluding carboxylic acids is 1. The largest absolute Gasteiger partial charge is 0.494 e. The van der Waals surface area contributed by atoms with Gasteiger partial charge in [-0.15, -0.1) is 21.9 Å². The Balaban J connectivity index is 0.000000353. The Bertz CT molecular complexity index is 2450.